The molecule has 2 aliphatic rings. The van der Waals surface area contributed by atoms with Crippen molar-refractivity contribution in [1.29, 1.82) is 5.26 Å². The molecule has 0 saturated carbocycles. The van der Waals surface area contributed by atoms with E-state index in [2.05, 4.69) is 27.3 Å². The van der Waals surface area contributed by atoms with Crippen LogP contribution in [0.2, 0.25) is 0 Å². The molecular weight excluding hydrogens is 482 g/mol. The Morgan fingerprint density at radius 2 is 1.95 bits per heavy atom. The van der Waals surface area contributed by atoms with E-state index in [4.69, 9.17) is 23.9 Å². The first-order chi connectivity index (χ1) is 18.7. The Labute approximate surface area is 220 Å². The van der Waals surface area contributed by atoms with Crippen LogP contribution in [0.4, 0.5) is 17.2 Å². The number of nitrogens with one attached hydrogen (secondary N) is 1. The van der Waals surface area contributed by atoms with Crippen molar-refractivity contribution < 1.29 is 18.9 Å². The van der Waals surface area contributed by atoms with Crippen LogP contribution in [0.5, 0.6) is 17.2 Å². The van der Waals surface area contributed by atoms with Gasteiger partial charge < -0.3 is 29.2 Å². The van der Waals surface area contributed by atoms with Crippen molar-refractivity contribution in [2.24, 2.45) is 0 Å². The fourth-order valence-corrected chi connectivity index (χ4v) is 4.74. The van der Waals surface area contributed by atoms with Gasteiger partial charge in [0.25, 0.3) is 0 Å². The van der Waals surface area contributed by atoms with E-state index < -0.39 is 0 Å². The third-order valence-corrected chi connectivity index (χ3v) is 6.74. The maximum atomic E-state index is 10.0. The van der Waals surface area contributed by atoms with Crippen LogP contribution in [0.25, 0.3) is 11.0 Å². The summed E-state index contributed by atoms with van der Waals surface area (Å²) < 4.78 is 22.7. The molecule has 3 aromatic carbocycles. The molecule has 1 saturated heterocycles. The Morgan fingerprint density at radius 1 is 1.05 bits per heavy atom. The Kier molecular flexibility index (Phi) is 6.54. The van der Waals surface area contributed by atoms with Crippen molar-refractivity contribution in [3.63, 3.8) is 0 Å². The molecule has 2 aliphatic heterocycles. The second kappa shape index (κ2) is 10.4. The smallest absolute Gasteiger partial charge is 0.162 e. The van der Waals surface area contributed by atoms with E-state index in [0.29, 0.717) is 53.6 Å². The number of anilines is 3. The minimum Gasteiger partial charge on any atom is -0.493 e. The first-order valence-electron chi connectivity index (χ1n) is 12.6. The first-order valence-corrected chi connectivity index (χ1v) is 12.6. The molecule has 1 N–H and O–H groups in total. The molecule has 0 spiro atoms. The van der Waals surface area contributed by atoms with E-state index >= 15 is 0 Å². The van der Waals surface area contributed by atoms with E-state index in [0.717, 1.165) is 48.9 Å². The summed E-state index contributed by atoms with van der Waals surface area (Å²) in [5.74, 6) is 2.92. The van der Waals surface area contributed by atoms with Crippen molar-refractivity contribution in [3.8, 4) is 23.3 Å². The first kappa shape index (κ1) is 23.8. The van der Waals surface area contributed by atoms with Crippen molar-refractivity contribution in [2.75, 3.05) is 50.2 Å². The highest BCUT2D eigenvalue weighted by Crippen LogP contribution is 2.34. The molecule has 0 bridgehead atoms. The molecular formula is C29H27N5O4. The predicted molar refractivity (Wildman–Crippen MR) is 144 cm³/mol. The lowest BCUT2D eigenvalue weighted by Gasteiger charge is -2.27. The number of hydrogen-bond acceptors (Lipinski definition) is 9. The molecule has 0 amide bonds. The topological polar surface area (TPSA) is 102 Å². The fourth-order valence-electron chi connectivity index (χ4n) is 4.74. The summed E-state index contributed by atoms with van der Waals surface area (Å²) in [7, 11) is 1.61. The van der Waals surface area contributed by atoms with Crippen LogP contribution in [0.1, 0.15) is 16.7 Å². The third-order valence-electron chi connectivity index (χ3n) is 6.74. The highest BCUT2D eigenvalue weighted by Gasteiger charge is 2.17. The Bertz CT molecular complexity index is 1530. The molecule has 0 atom stereocenters. The van der Waals surface area contributed by atoms with Crippen molar-refractivity contribution in [1.82, 2.24) is 9.97 Å². The summed E-state index contributed by atoms with van der Waals surface area (Å²) in [4.78, 5) is 11.5. The number of fused-ring (bicyclic) bond motifs is 2. The highest BCUT2D eigenvalue weighted by atomic mass is 16.5. The van der Waals surface area contributed by atoms with Gasteiger partial charge in [-0.1, -0.05) is 6.07 Å². The molecule has 1 aromatic heterocycles. The lowest BCUT2D eigenvalue weighted by molar-refractivity contribution is 0.122. The third kappa shape index (κ3) is 4.74. The van der Waals surface area contributed by atoms with Crippen molar-refractivity contribution in [2.45, 2.75) is 13.0 Å². The number of nitrogens with zero attached hydrogens (tertiary/aromatic N) is 4. The number of aromatic nitrogens is 2. The summed E-state index contributed by atoms with van der Waals surface area (Å²) in [5, 5.41) is 13.4. The molecule has 4 aromatic rings. The van der Waals surface area contributed by atoms with Crippen molar-refractivity contribution in [3.05, 3.63) is 71.4 Å². The Hall–Kier alpha value is -4.55. The van der Waals surface area contributed by atoms with E-state index in [1.807, 2.05) is 42.5 Å². The standard InChI is InChI=1S/C29H27N5O4/c1-35-27-15-21(3-7-26(27)38-18-19-2-6-25-20(14-19)8-11-37-25)32-23-4-5-24-29(22(23)16-30)33-28(17-31-24)34-9-12-36-13-10-34/h2-7,14-15,17,32H,8-13,18H2,1H3. The molecule has 0 aliphatic carbocycles. The maximum absolute atomic E-state index is 10.0. The summed E-state index contributed by atoms with van der Waals surface area (Å²) >= 11 is 0. The van der Waals surface area contributed by atoms with Crippen LogP contribution in [0.3, 0.4) is 0 Å². The van der Waals surface area contributed by atoms with Gasteiger partial charge in [0.15, 0.2) is 11.5 Å². The molecule has 9 heteroatoms. The van der Waals surface area contributed by atoms with E-state index in [-0.39, 0.29) is 0 Å². The molecule has 38 heavy (non-hydrogen) atoms. The lowest BCUT2D eigenvalue weighted by Crippen LogP contribution is -2.36. The van der Waals surface area contributed by atoms with Gasteiger partial charge in [-0.3, -0.25) is 4.98 Å². The zero-order valence-electron chi connectivity index (χ0n) is 21.1. The van der Waals surface area contributed by atoms with Crippen LogP contribution in [0, 0.1) is 11.3 Å². The summed E-state index contributed by atoms with van der Waals surface area (Å²) in [6.45, 7) is 3.94. The number of rotatable bonds is 7. The molecule has 0 radical (unpaired) electrons. The Morgan fingerprint density at radius 3 is 2.79 bits per heavy atom. The second-order valence-corrected chi connectivity index (χ2v) is 9.12. The highest BCUT2D eigenvalue weighted by molar-refractivity contribution is 5.89. The van der Waals surface area contributed by atoms with Gasteiger partial charge in [-0.15, -0.1) is 0 Å². The Balaban J connectivity index is 1.22. The van der Waals surface area contributed by atoms with Gasteiger partial charge in [0.2, 0.25) is 0 Å². The van der Waals surface area contributed by atoms with E-state index in [1.54, 1.807) is 13.3 Å². The molecule has 6 rings (SSSR count). The number of ether oxygens (including phenoxy) is 4. The van der Waals surface area contributed by atoms with Gasteiger partial charge in [-0.2, -0.15) is 5.26 Å². The average molecular weight is 510 g/mol. The van der Waals surface area contributed by atoms with E-state index in [1.165, 1.54) is 5.56 Å². The molecule has 9 nitrogen and oxygen atoms in total. The van der Waals surface area contributed by atoms with Crippen LogP contribution in [-0.4, -0.2) is 50.0 Å². The largest absolute Gasteiger partial charge is 0.493 e. The van der Waals surface area contributed by atoms with Crippen molar-refractivity contribution >= 4 is 28.2 Å². The maximum Gasteiger partial charge on any atom is 0.162 e. The van der Waals surface area contributed by atoms with Gasteiger partial charge in [0, 0.05) is 31.3 Å². The summed E-state index contributed by atoms with van der Waals surface area (Å²) in [6.07, 6.45) is 2.68. The van der Waals surface area contributed by atoms with Crippen LogP contribution in [0.15, 0.2) is 54.7 Å². The monoisotopic (exact) mass is 509 g/mol. The number of hydrogen-bond donors (Lipinski definition) is 1. The normalized spacial score (nSPS) is 14.5. The van der Waals surface area contributed by atoms with E-state index in [9.17, 15) is 5.26 Å². The fraction of sp³-hybridized carbons (Fsp3) is 0.276. The number of morpholine rings is 1. The molecule has 1 fully saturated rings. The minimum absolute atomic E-state index is 0.420. The molecule has 3 heterocycles. The SMILES string of the molecule is COc1cc(Nc2ccc3ncc(N4CCOCC4)nc3c2C#N)ccc1OCc1ccc2c(c1)CCO2. The zero-order chi connectivity index (χ0) is 25.9. The average Bonchev–Trinajstić information content (AvgIpc) is 3.44. The lowest BCUT2D eigenvalue weighted by atomic mass is 10.1. The number of nitriles is 1. The number of benzene rings is 3. The predicted octanol–water partition coefficient (Wildman–Crippen LogP) is 4.60. The van der Waals surface area contributed by atoms with Gasteiger partial charge in [-0.05, 0) is 47.5 Å². The quantitative estimate of drug-likeness (QED) is 0.383. The van der Waals surface area contributed by atoms with Gasteiger partial charge in [0.05, 0.1) is 44.3 Å². The van der Waals surface area contributed by atoms with Crippen LogP contribution in [-0.2, 0) is 17.8 Å². The van der Waals surface area contributed by atoms with Gasteiger partial charge >= 0.3 is 0 Å². The molecule has 0 unspecified atom stereocenters. The van der Waals surface area contributed by atoms with Crippen LogP contribution < -0.4 is 24.4 Å². The summed E-state index contributed by atoms with van der Waals surface area (Å²) in [6, 6.07) is 17.8. The van der Waals surface area contributed by atoms with Crippen LogP contribution >= 0.6 is 0 Å². The van der Waals surface area contributed by atoms with Gasteiger partial charge in [0.1, 0.15) is 35.3 Å². The minimum atomic E-state index is 0.420. The zero-order valence-corrected chi connectivity index (χ0v) is 21.1. The number of methoxy groups -OCH3 is 1. The second-order valence-electron chi connectivity index (χ2n) is 9.12. The van der Waals surface area contributed by atoms with Gasteiger partial charge in [-0.25, -0.2) is 4.98 Å². The molecule has 192 valence electrons. The summed E-state index contributed by atoms with van der Waals surface area (Å²) in [5.41, 5.74) is 5.36.